The highest BCUT2D eigenvalue weighted by Gasteiger charge is 2.10. The molecule has 0 aromatic heterocycles. The van der Waals surface area contributed by atoms with Crippen molar-refractivity contribution in [2.24, 2.45) is 0 Å². The van der Waals surface area contributed by atoms with Crippen LogP contribution in [0, 0.1) is 0 Å². The van der Waals surface area contributed by atoms with Gasteiger partial charge < -0.3 is 0 Å². The van der Waals surface area contributed by atoms with E-state index in [9.17, 15) is 0 Å². The Morgan fingerprint density at radius 2 is 1.00 bits per heavy atom. The zero-order chi connectivity index (χ0) is 14.0. The maximum atomic E-state index is 3.89. The third kappa shape index (κ3) is 4.68. The van der Waals surface area contributed by atoms with Crippen molar-refractivity contribution in [3.63, 3.8) is 0 Å². The minimum absolute atomic E-state index is 1.02. The zero-order valence-electron chi connectivity index (χ0n) is 12.8. The molecule has 102 valence electrons. The largest absolute Gasteiger partial charge is 0.103 e. The van der Waals surface area contributed by atoms with Gasteiger partial charge in [0.05, 0.1) is 0 Å². The summed E-state index contributed by atoms with van der Waals surface area (Å²) < 4.78 is 0. The van der Waals surface area contributed by atoms with Crippen LogP contribution in [0.3, 0.4) is 0 Å². The van der Waals surface area contributed by atoms with Crippen LogP contribution in [0.15, 0.2) is 47.6 Å². The van der Waals surface area contributed by atoms with Crippen molar-refractivity contribution >= 4 is 0 Å². The fourth-order valence-corrected chi connectivity index (χ4v) is 2.66. The Balaban J connectivity index is 5.69. The number of hydrogen-bond donors (Lipinski definition) is 0. The lowest BCUT2D eigenvalue weighted by atomic mass is 9.87. The lowest BCUT2D eigenvalue weighted by Crippen LogP contribution is -1.99. The van der Waals surface area contributed by atoms with Crippen LogP contribution in [0.1, 0.15) is 66.2 Å². The van der Waals surface area contributed by atoms with Crippen molar-refractivity contribution in [2.75, 3.05) is 0 Å². The van der Waals surface area contributed by atoms with E-state index in [1.807, 2.05) is 12.2 Å². The van der Waals surface area contributed by atoms with E-state index in [0.29, 0.717) is 0 Å². The van der Waals surface area contributed by atoms with Crippen LogP contribution < -0.4 is 0 Å². The van der Waals surface area contributed by atoms with E-state index in [2.05, 4.69) is 40.9 Å². The van der Waals surface area contributed by atoms with Gasteiger partial charge >= 0.3 is 0 Å². The molecule has 0 unspecified atom stereocenters. The van der Waals surface area contributed by atoms with Crippen LogP contribution in [0.5, 0.6) is 0 Å². The molecule has 0 saturated heterocycles. The van der Waals surface area contributed by atoms with Gasteiger partial charge in [0.1, 0.15) is 0 Å². The van der Waals surface area contributed by atoms with Crippen LogP contribution in [0.4, 0.5) is 0 Å². The number of hydrogen-bond acceptors (Lipinski definition) is 0. The Morgan fingerprint density at radius 3 is 1.17 bits per heavy atom. The average Bonchev–Trinajstić information content (AvgIpc) is 2.40. The average molecular weight is 246 g/mol. The molecule has 0 nitrogen and oxygen atoms in total. The normalized spacial score (nSPS) is 13.8. The van der Waals surface area contributed by atoms with E-state index >= 15 is 0 Å². The molecule has 0 spiro atoms. The van der Waals surface area contributed by atoms with Gasteiger partial charge in [0, 0.05) is 0 Å². The van der Waals surface area contributed by atoms with Crippen molar-refractivity contribution in [2.45, 2.75) is 66.2 Å². The lowest BCUT2D eigenvalue weighted by Gasteiger charge is -2.18. The minimum Gasteiger partial charge on any atom is -0.103 e. The second-order valence-corrected chi connectivity index (χ2v) is 4.56. The van der Waals surface area contributed by atoms with Crippen LogP contribution >= 0.6 is 0 Å². The van der Waals surface area contributed by atoms with Gasteiger partial charge in [0.25, 0.3) is 0 Å². The first-order valence-corrected chi connectivity index (χ1v) is 7.33. The van der Waals surface area contributed by atoms with E-state index in [1.54, 1.807) is 22.3 Å². The van der Waals surface area contributed by atoms with Crippen LogP contribution in [0.2, 0.25) is 0 Å². The number of allylic oxidation sites excluding steroid dienone is 6. The van der Waals surface area contributed by atoms with Gasteiger partial charge in [-0.15, -0.1) is 13.2 Å². The van der Waals surface area contributed by atoms with Crippen molar-refractivity contribution < 1.29 is 0 Å². The smallest absolute Gasteiger partial charge is 0.0136 e. The Kier molecular flexibility index (Phi) is 9.36. The highest BCUT2D eigenvalue weighted by Crippen LogP contribution is 2.30. The molecule has 18 heavy (non-hydrogen) atoms. The first kappa shape index (κ1) is 17.0. The zero-order valence-corrected chi connectivity index (χ0v) is 12.8. The molecular formula is C18H30. The molecule has 0 aromatic rings. The Morgan fingerprint density at radius 1 is 0.667 bits per heavy atom. The molecule has 0 saturated carbocycles. The molecule has 0 atom stereocenters. The van der Waals surface area contributed by atoms with Gasteiger partial charge in [-0.2, -0.15) is 0 Å². The number of rotatable bonds is 9. The molecule has 0 radical (unpaired) electrons. The summed E-state index contributed by atoms with van der Waals surface area (Å²) in [5.74, 6) is 0. The first-order chi connectivity index (χ1) is 8.69. The molecule has 0 heteroatoms. The van der Waals surface area contributed by atoms with Crippen molar-refractivity contribution in [3.8, 4) is 0 Å². The van der Waals surface area contributed by atoms with Gasteiger partial charge in [-0.3, -0.25) is 0 Å². The van der Waals surface area contributed by atoms with E-state index in [4.69, 9.17) is 0 Å². The third-order valence-electron chi connectivity index (χ3n) is 3.56. The predicted octanol–water partition coefficient (Wildman–Crippen LogP) is 6.37. The van der Waals surface area contributed by atoms with Gasteiger partial charge in [0.15, 0.2) is 0 Å². The van der Waals surface area contributed by atoms with E-state index in [-0.39, 0.29) is 0 Å². The van der Waals surface area contributed by atoms with Gasteiger partial charge in [-0.1, -0.05) is 51.0 Å². The van der Waals surface area contributed by atoms with Crippen molar-refractivity contribution in [1.29, 1.82) is 0 Å². The molecule has 0 fully saturated rings. The molecule has 0 bridgehead atoms. The summed E-state index contributed by atoms with van der Waals surface area (Å²) in [4.78, 5) is 0. The molecule has 0 rings (SSSR count). The highest BCUT2D eigenvalue weighted by atomic mass is 14.2. The summed E-state index contributed by atoms with van der Waals surface area (Å²) >= 11 is 0. The third-order valence-corrected chi connectivity index (χ3v) is 3.56. The summed E-state index contributed by atoms with van der Waals surface area (Å²) in [5.41, 5.74) is 6.25. The van der Waals surface area contributed by atoms with E-state index < -0.39 is 0 Å². The Labute approximate surface area is 114 Å². The minimum atomic E-state index is 1.02. The molecule has 0 aliphatic heterocycles. The predicted molar refractivity (Wildman–Crippen MR) is 84.8 cm³/mol. The van der Waals surface area contributed by atoms with Crippen molar-refractivity contribution in [1.82, 2.24) is 0 Å². The molecule has 0 aliphatic rings. The SMILES string of the molecule is C=CCC(CC)=C(CC)C(CC)=C(CC)CC=C. The monoisotopic (exact) mass is 246 g/mol. The molecule has 0 heterocycles. The van der Waals surface area contributed by atoms with Crippen LogP contribution in [-0.4, -0.2) is 0 Å². The van der Waals surface area contributed by atoms with Crippen LogP contribution in [0.25, 0.3) is 0 Å². The highest BCUT2D eigenvalue weighted by molar-refractivity contribution is 5.40. The summed E-state index contributed by atoms with van der Waals surface area (Å²) in [6.07, 6.45) is 10.6. The van der Waals surface area contributed by atoms with E-state index in [0.717, 1.165) is 38.5 Å². The standard InChI is InChI=1S/C18H30/c1-7-13-15(9-3)17(11-5)18(12-6)16(10-4)14-8-2/h7-8H,1-2,9-14H2,3-6H3. The summed E-state index contributed by atoms with van der Waals surface area (Å²) in [7, 11) is 0. The fourth-order valence-electron chi connectivity index (χ4n) is 2.66. The molecule has 0 amide bonds. The van der Waals surface area contributed by atoms with E-state index in [1.165, 1.54) is 0 Å². The Hall–Kier alpha value is -1.04. The quantitative estimate of drug-likeness (QED) is 0.327. The maximum Gasteiger partial charge on any atom is -0.0136 e. The Bertz CT molecular complexity index is 292. The fraction of sp³-hybridized carbons (Fsp3) is 0.556. The second-order valence-electron chi connectivity index (χ2n) is 4.56. The topological polar surface area (TPSA) is 0 Å². The second kappa shape index (κ2) is 9.94. The summed E-state index contributed by atoms with van der Waals surface area (Å²) in [6, 6.07) is 0. The first-order valence-electron chi connectivity index (χ1n) is 7.33. The summed E-state index contributed by atoms with van der Waals surface area (Å²) in [5, 5.41) is 0. The molecule has 0 N–H and O–H groups in total. The maximum absolute atomic E-state index is 3.89. The van der Waals surface area contributed by atoms with Gasteiger partial charge in [-0.25, -0.2) is 0 Å². The molecular weight excluding hydrogens is 216 g/mol. The van der Waals surface area contributed by atoms with Crippen LogP contribution in [-0.2, 0) is 0 Å². The van der Waals surface area contributed by atoms with Crippen molar-refractivity contribution in [3.05, 3.63) is 47.6 Å². The van der Waals surface area contributed by atoms with Gasteiger partial charge in [0.2, 0.25) is 0 Å². The summed E-state index contributed by atoms with van der Waals surface area (Å²) in [6.45, 7) is 16.8. The lowest BCUT2D eigenvalue weighted by molar-refractivity contribution is 0.887. The van der Waals surface area contributed by atoms with Gasteiger partial charge in [-0.05, 0) is 49.7 Å². The molecule has 0 aliphatic carbocycles. The molecule has 0 aromatic carbocycles.